The lowest BCUT2D eigenvalue weighted by Gasteiger charge is -2.35. The first-order chi connectivity index (χ1) is 22.5. The number of anilines is 2. The maximum absolute atomic E-state index is 14.2. The maximum Gasteiger partial charge on any atom is 0.418 e. The van der Waals surface area contributed by atoms with Crippen LogP contribution < -0.4 is 11.5 Å². The van der Waals surface area contributed by atoms with Crippen molar-refractivity contribution >= 4 is 70.6 Å². The number of nitrogens with two attached hydrogens (primary N) is 2. The topological polar surface area (TPSA) is 247 Å². The molecule has 20 nitrogen and oxygen atoms in total. The Hall–Kier alpha value is -2.81. The van der Waals surface area contributed by atoms with E-state index in [0.29, 0.717) is 33.1 Å². The van der Waals surface area contributed by atoms with Crippen molar-refractivity contribution in [2.75, 3.05) is 37.9 Å². The number of nitrogens with zero attached hydrogens (tertiary/aromatic N) is 8. The summed E-state index contributed by atoms with van der Waals surface area (Å²) in [4.78, 5) is 25.1. The van der Waals surface area contributed by atoms with E-state index in [1.165, 1.54) is 25.3 Å². The Balaban J connectivity index is 1.07. The van der Waals surface area contributed by atoms with Gasteiger partial charge in [0.15, 0.2) is 35.4 Å². The molecule has 10 atom stereocenters. The second-order valence-electron chi connectivity index (χ2n) is 11.5. The summed E-state index contributed by atoms with van der Waals surface area (Å²) >= 11 is 4.30. The van der Waals surface area contributed by atoms with Gasteiger partial charge in [0.1, 0.15) is 59.3 Å². The summed E-state index contributed by atoms with van der Waals surface area (Å²) in [6, 6.07) is 0. The van der Waals surface area contributed by atoms with Crippen LogP contribution in [0.4, 0.5) is 11.6 Å². The van der Waals surface area contributed by atoms with Crippen LogP contribution in [0.25, 0.3) is 22.3 Å². The number of hydrogen-bond donors (Lipinski definition) is 3. The normalized spacial score (nSPS) is 41.4. The number of rotatable bonds is 2. The van der Waals surface area contributed by atoms with Gasteiger partial charge in [0.2, 0.25) is 0 Å². The average Bonchev–Trinajstić information content (AvgIpc) is 3.90. The van der Waals surface area contributed by atoms with Gasteiger partial charge in [-0.1, -0.05) is 17.9 Å². The number of nitrogen functional groups attached to an aromatic ring is 2. The van der Waals surface area contributed by atoms with E-state index in [1.807, 2.05) is 0 Å². The molecule has 5 aliphatic rings. The lowest BCUT2D eigenvalue weighted by molar-refractivity contribution is -0.186. The zero-order valence-electron chi connectivity index (χ0n) is 23.7. The van der Waals surface area contributed by atoms with Gasteiger partial charge in [-0.15, -0.1) is 0 Å². The van der Waals surface area contributed by atoms with Crippen LogP contribution in [0.5, 0.6) is 0 Å². The first-order valence-corrected chi connectivity index (χ1v) is 19.7. The standard InChI is InChI=1S/C23H24N10O10P2S2/c1-47-45(35)39-5-23-3-36-12(20(41-23)32-8-30-10-16(24)26-6-28-18(10)32)14(23)42-44(34,46)38-4-22-2-37-13(15(22)43-45)21(40-22)33-9-31-11-17(25)27-7-29-19(11)33/h1,6-9,12-15,20-21H,2-5H2,(H,34,46)(H2,24,26,28)(H2,25,27,29)/t12-,13-,14+,15+,20-,21-,22-,23-,44-,45-/m1/s1. The number of aromatic nitrogens is 8. The van der Waals surface area contributed by atoms with E-state index in [2.05, 4.69) is 42.2 Å². The molecule has 0 radical (unpaired) electrons. The Bertz CT molecular complexity index is 2100. The second-order valence-corrected chi connectivity index (χ2v) is 17.9. The van der Waals surface area contributed by atoms with Crippen LogP contribution in [0.1, 0.15) is 12.5 Å². The summed E-state index contributed by atoms with van der Waals surface area (Å²) in [5.74, 6) is 0.332. The lowest BCUT2D eigenvalue weighted by Crippen LogP contribution is -2.48. The lowest BCUT2D eigenvalue weighted by atomic mass is 10.0. The maximum atomic E-state index is 14.2. The van der Waals surface area contributed by atoms with Gasteiger partial charge in [-0.2, -0.15) is 0 Å². The van der Waals surface area contributed by atoms with Gasteiger partial charge < -0.3 is 30.4 Å². The summed E-state index contributed by atoms with van der Waals surface area (Å²) in [6.45, 7) is -9.39. The highest BCUT2D eigenvalue weighted by Crippen LogP contribution is 2.65. The van der Waals surface area contributed by atoms with Crippen molar-refractivity contribution < 1.29 is 46.2 Å². The molecule has 0 spiro atoms. The monoisotopic (exact) mass is 726 g/mol. The highest BCUT2D eigenvalue weighted by molar-refractivity contribution is 8.48. The molecular weight excluding hydrogens is 702 g/mol. The van der Waals surface area contributed by atoms with Gasteiger partial charge in [-0.25, -0.2) is 39.0 Å². The van der Waals surface area contributed by atoms with Crippen molar-refractivity contribution in [3.8, 4) is 5.69 Å². The van der Waals surface area contributed by atoms with Gasteiger partial charge in [0.05, 0.1) is 39.1 Å². The van der Waals surface area contributed by atoms with Crippen molar-refractivity contribution in [2.24, 2.45) is 0 Å². The van der Waals surface area contributed by atoms with E-state index in [9.17, 15) is 9.13 Å². The van der Waals surface area contributed by atoms with Crippen LogP contribution >= 0.6 is 36.6 Å². The molecule has 5 fully saturated rings. The number of ether oxygens (including phenoxy) is 4. The Morgan fingerprint density at radius 1 is 0.787 bits per heavy atom. The highest BCUT2D eigenvalue weighted by atomic mass is 32.7. The van der Waals surface area contributed by atoms with Crippen molar-refractivity contribution in [1.82, 2.24) is 39.0 Å². The molecule has 4 N–H and O–H groups in total. The Morgan fingerprint density at radius 2 is 1.30 bits per heavy atom. The molecule has 5 saturated heterocycles. The zero-order valence-corrected chi connectivity index (χ0v) is 27.2. The molecule has 24 heteroatoms. The van der Waals surface area contributed by atoms with Gasteiger partial charge >= 0.3 is 13.6 Å². The minimum Gasteiger partial charge on any atom is -0.382 e. The molecule has 248 valence electrons. The van der Waals surface area contributed by atoms with E-state index in [0.717, 1.165) is 0 Å². The Labute approximate surface area is 272 Å². The van der Waals surface area contributed by atoms with Crippen molar-refractivity contribution in [3.63, 3.8) is 0 Å². The molecule has 0 aliphatic carbocycles. The van der Waals surface area contributed by atoms with E-state index in [-0.39, 0.29) is 24.8 Å². The quantitative estimate of drug-likeness (QED) is 0.195. The van der Waals surface area contributed by atoms with Gasteiger partial charge in [-0.05, 0) is 10.8 Å². The predicted molar refractivity (Wildman–Crippen MR) is 163 cm³/mol. The summed E-state index contributed by atoms with van der Waals surface area (Å²) in [5.41, 5.74) is 16.4. The first kappa shape index (κ1) is 30.3. The molecule has 0 amide bonds. The molecule has 47 heavy (non-hydrogen) atoms. The number of thiol groups is 1. The van der Waals surface area contributed by atoms with Crippen LogP contribution in [0, 0.1) is 5.69 Å². The molecular formula is C23H24N10O10P2S2. The van der Waals surface area contributed by atoms with E-state index >= 15 is 0 Å². The van der Waals surface area contributed by atoms with Crippen LogP contribution in [-0.4, -0.2) is 101 Å². The SMILES string of the molecule is C#S[P@]1(=O)OC[C@@]23CO[C@@H]([C@H](n4cnc5c(N)ncnc54)O2)[C@@H]3O[P@](=O)(S)OC[C@@]23CO[C@@H]([C@H](n4cnc5c(N)ncnc54)O2)[C@@H]3O1. The molecule has 0 unspecified atom stereocenters. The first-order valence-electron chi connectivity index (χ1n) is 14.0. The Kier molecular flexibility index (Phi) is 6.66. The Morgan fingerprint density at radius 3 is 1.83 bits per heavy atom. The fraction of sp³-hybridized carbons (Fsp3) is 0.522. The molecule has 4 bridgehead atoms. The van der Waals surface area contributed by atoms with Crippen molar-refractivity contribution in [3.05, 3.63) is 25.3 Å². The van der Waals surface area contributed by atoms with Gasteiger partial charge in [0, 0.05) is 0 Å². The molecule has 4 aromatic heterocycles. The number of hydrogen-bond acceptors (Lipinski definition) is 18. The summed E-state index contributed by atoms with van der Waals surface area (Å²) in [5, 5.41) is 0. The van der Waals surface area contributed by atoms with Crippen LogP contribution in [0.15, 0.2) is 25.3 Å². The number of fused-ring (bicyclic) bond motifs is 2. The summed E-state index contributed by atoms with van der Waals surface area (Å²) in [7, 11) is 0.388. The number of imidazole rings is 2. The molecule has 9 heterocycles. The minimum atomic E-state index is -4.20. The third-order valence-corrected chi connectivity index (χ3v) is 12.9. The third kappa shape index (κ3) is 4.46. The zero-order chi connectivity index (χ0) is 32.3. The molecule has 0 saturated carbocycles. The van der Waals surface area contributed by atoms with Gasteiger partial charge in [0.25, 0.3) is 0 Å². The predicted octanol–water partition coefficient (Wildman–Crippen LogP) is 1.45. The highest BCUT2D eigenvalue weighted by Gasteiger charge is 2.68. The van der Waals surface area contributed by atoms with E-state index in [1.54, 1.807) is 9.13 Å². The third-order valence-electron chi connectivity index (χ3n) is 8.83. The smallest absolute Gasteiger partial charge is 0.382 e. The summed E-state index contributed by atoms with van der Waals surface area (Å²) in [6.07, 6.45) is -0.296. The fourth-order valence-electron chi connectivity index (χ4n) is 6.64. The molecule has 5 aliphatic heterocycles. The minimum absolute atomic E-state index is 0.0887. The van der Waals surface area contributed by atoms with Crippen molar-refractivity contribution in [2.45, 2.75) is 48.1 Å². The summed E-state index contributed by atoms with van der Waals surface area (Å²) < 4.78 is 80.4. The fourth-order valence-corrected chi connectivity index (χ4v) is 10.1. The van der Waals surface area contributed by atoms with Gasteiger partial charge in [-0.3, -0.25) is 27.2 Å². The largest absolute Gasteiger partial charge is 0.418 e. The molecule has 0 aromatic carbocycles. The second kappa shape index (κ2) is 10.3. The average molecular weight is 727 g/mol. The van der Waals surface area contributed by atoms with E-state index < -0.39 is 74.9 Å². The molecule has 9 rings (SSSR count). The van der Waals surface area contributed by atoms with Crippen LogP contribution in [0.2, 0.25) is 0 Å². The van der Waals surface area contributed by atoms with Crippen molar-refractivity contribution in [1.29, 1.82) is 0 Å². The van der Waals surface area contributed by atoms with Crippen LogP contribution in [-0.2, 0) is 46.2 Å². The van der Waals surface area contributed by atoms with Crippen LogP contribution in [0.3, 0.4) is 0 Å². The van der Waals surface area contributed by atoms with E-state index in [4.69, 9.17) is 54.2 Å². The molecule has 4 aromatic rings.